The highest BCUT2D eigenvalue weighted by Crippen LogP contribution is 2.40. The van der Waals surface area contributed by atoms with Gasteiger partial charge in [0.05, 0.1) is 0 Å². The monoisotopic (exact) mass is 281 g/mol. The molecule has 0 amide bonds. The van der Waals surface area contributed by atoms with Crippen molar-refractivity contribution in [1.82, 2.24) is 5.32 Å². The number of rotatable bonds is 0. The summed E-state index contributed by atoms with van der Waals surface area (Å²) >= 11 is 3.60. The van der Waals surface area contributed by atoms with Crippen molar-refractivity contribution in [3.63, 3.8) is 0 Å². The molecule has 0 unspecified atom stereocenters. The minimum absolute atomic E-state index is 0.110. The van der Waals surface area contributed by atoms with Crippen LogP contribution < -0.4 is 10.1 Å². The van der Waals surface area contributed by atoms with E-state index >= 15 is 0 Å². The van der Waals surface area contributed by atoms with Gasteiger partial charge in [-0.1, -0.05) is 22.0 Å². The zero-order chi connectivity index (χ0) is 11.0. The molecule has 0 saturated carbocycles. The molecule has 0 aromatic heterocycles. The lowest BCUT2D eigenvalue weighted by atomic mass is 9.84. The Labute approximate surface area is 105 Å². The second kappa shape index (κ2) is 4.04. The SMILES string of the molecule is Brc1cccc2c1CCC1(CCNCC1)O2. The van der Waals surface area contributed by atoms with Gasteiger partial charge in [-0.15, -0.1) is 0 Å². The molecule has 86 valence electrons. The average Bonchev–Trinajstić information content (AvgIpc) is 2.30. The number of halogens is 1. The van der Waals surface area contributed by atoms with Gasteiger partial charge in [-0.25, -0.2) is 0 Å². The molecule has 2 heterocycles. The molecule has 0 atom stereocenters. The minimum Gasteiger partial charge on any atom is -0.487 e. The van der Waals surface area contributed by atoms with E-state index in [1.807, 2.05) is 0 Å². The van der Waals surface area contributed by atoms with Gasteiger partial charge >= 0.3 is 0 Å². The van der Waals surface area contributed by atoms with Crippen molar-refractivity contribution in [3.05, 3.63) is 28.2 Å². The summed E-state index contributed by atoms with van der Waals surface area (Å²) in [5.74, 6) is 1.09. The number of piperidine rings is 1. The zero-order valence-corrected chi connectivity index (χ0v) is 10.8. The maximum atomic E-state index is 6.27. The fraction of sp³-hybridized carbons (Fsp3) is 0.538. The zero-order valence-electron chi connectivity index (χ0n) is 9.26. The van der Waals surface area contributed by atoms with Crippen molar-refractivity contribution in [3.8, 4) is 5.75 Å². The van der Waals surface area contributed by atoms with Gasteiger partial charge in [0, 0.05) is 10.0 Å². The molecule has 16 heavy (non-hydrogen) atoms. The highest BCUT2D eigenvalue weighted by Gasteiger charge is 2.37. The molecule has 1 N–H and O–H groups in total. The molecular weight excluding hydrogens is 266 g/mol. The van der Waals surface area contributed by atoms with Gasteiger partial charge in [0.2, 0.25) is 0 Å². The molecule has 2 aliphatic heterocycles. The van der Waals surface area contributed by atoms with E-state index in [4.69, 9.17) is 4.74 Å². The van der Waals surface area contributed by atoms with Crippen LogP contribution in [0.4, 0.5) is 0 Å². The van der Waals surface area contributed by atoms with E-state index in [1.54, 1.807) is 0 Å². The molecule has 1 saturated heterocycles. The van der Waals surface area contributed by atoms with Crippen molar-refractivity contribution in [2.24, 2.45) is 0 Å². The maximum absolute atomic E-state index is 6.27. The predicted octanol–water partition coefficient (Wildman–Crippen LogP) is 2.90. The number of fused-ring (bicyclic) bond motifs is 1. The van der Waals surface area contributed by atoms with Crippen LogP contribution in [-0.4, -0.2) is 18.7 Å². The summed E-state index contributed by atoms with van der Waals surface area (Å²) in [5, 5.41) is 3.40. The highest BCUT2D eigenvalue weighted by atomic mass is 79.9. The molecule has 2 nitrogen and oxygen atoms in total. The minimum atomic E-state index is 0.110. The van der Waals surface area contributed by atoms with Gasteiger partial charge in [-0.2, -0.15) is 0 Å². The first-order valence-electron chi connectivity index (χ1n) is 5.96. The summed E-state index contributed by atoms with van der Waals surface area (Å²) in [7, 11) is 0. The van der Waals surface area contributed by atoms with Crippen LogP contribution in [0.2, 0.25) is 0 Å². The Bertz CT molecular complexity index is 399. The third-order valence-corrected chi connectivity index (χ3v) is 4.49. The summed E-state index contributed by atoms with van der Waals surface area (Å²) in [4.78, 5) is 0. The van der Waals surface area contributed by atoms with Crippen molar-refractivity contribution in [1.29, 1.82) is 0 Å². The van der Waals surface area contributed by atoms with Gasteiger partial charge in [-0.3, -0.25) is 0 Å². The summed E-state index contributed by atoms with van der Waals surface area (Å²) in [6.07, 6.45) is 4.57. The first kappa shape index (κ1) is 10.6. The van der Waals surface area contributed by atoms with Crippen molar-refractivity contribution < 1.29 is 4.74 Å². The van der Waals surface area contributed by atoms with Crippen LogP contribution in [0.15, 0.2) is 22.7 Å². The summed E-state index contributed by atoms with van der Waals surface area (Å²) in [5.41, 5.74) is 1.45. The normalized spacial score (nSPS) is 22.6. The van der Waals surface area contributed by atoms with E-state index in [0.29, 0.717) is 0 Å². The highest BCUT2D eigenvalue weighted by molar-refractivity contribution is 9.10. The van der Waals surface area contributed by atoms with Crippen LogP contribution >= 0.6 is 15.9 Å². The van der Waals surface area contributed by atoms with Gasteiger partial charge in [0.1, 0.15) is 11.4 Å². The molecule has 1 spiro atoms. The van der Waals surface area contributed by atoms with Crippen molar-refractivity contribution in [2.75, 3.05) is 13.1 Å². The molecule has 1 aromatic carbocycles. The lowest BCUT2D eigenvalue weighted by molar-refractivity contribution is 0.0168. The Morgan fingerprint density at radius 1 is 1.19 bits per heavy atom. The Balaban J connectivity index is 1.91. The molecule has 3 rings (SSSR count). The first-order valence-corrected chi connectivity index (χ1v) is 6.76. The fourth-order valence-electron chi connectivity index (χ4n) is 2.75. The average molecular weight is 282 g/mol. The smallest absolute Gasteiger partial charge is 0.124 e. The standard InChI is InChI=1S/C13H16BrNO/c14-11-2-1-3-12-10(11)4-5-13(16-12)6-8-15-9-7-13/h1-3,15H,4-9H2. The van der Waals surface area contributed by atoms with Crippen LogP contribution in [0, 0.1) is 0 Å². The van der Waals surface area contributed by atoms with Crippen LogP contribution in [0.3, 0.4) is 0 Å². The first-order chi connectivity index (χ1) is 7.79. The van der Waals surface area contributed by atoms with Crippen LogP contribution in [-0.2, 0) is 6.42 Å². The number of nitrogens with one attached hydrogen (secondary N) is 1. The number of benzene rings is 1. The lowest BCUT2D eigenvalue weighted by Crippen LogP contribution is -2.48. The Hall–Kier alpha value is -0.540. The Kier molecular flexibility index (Phi) is 2.68. The topological polar surface area (TPSA) is 21.3 Å². The lowest BCUT2D eigenvalue weighted by Gasteiger charge is -2.41. The summed E-state index contributed by atoms with van der Waals surface area (Å²) in [6.45, 7) is 2.17. The molecule has 1 aromatic rings. The van der Waals surface area contributed by atoms with E-state index in [-0.39, 0.29) is 5.60 Å². The van der Waals surface area contributed by atoms with E-state index in [9.17, 15) is 0 Å². The second-order valence-electron chi connectivity index (χ2n) is 4.75. The predicted molar refractivity (Wildman–Crippen MR) is 67.9 cm³/mol. The molecule has 0 radical (unpaired) electrons. The third-order valence-electron chi connectivity index (χ3n) is 3.75. The second-order valence-corrected chi connectivity index (χ2v) is 5.61. The van der Waals surface area contributed by atoms with E-state index in [0.717, 1.165) is 44.5 Å². The van der Waals surface area contributed by atoms with Gasteiger partial charge in [-0.05, 0) is 50.9 Å². The van der Waals surface area contributed by atoms with Gasteiger partial charge in [0.15, 0.2) is 0 Å². The van der Waals surface area contributed by atoms with E-state index in [1.165, 1.54) is 10.0 Å². The van der Waals surface area contributed by atoms with Crippen LogP contribution in [0.25, 0.3) is 0 Å². The third kappa shape index (κ3) is 1.76. The van der Waals surface area contributed by atoms with E-state index < -0.39 is 0 Å². The maximum Gasteiger partial charge on any atom is 0.124 e. The van der Waals surface area contributed by atoms with Crippen LogP contribution in [0.5, 0.6) is 5.75 Å². The number of ether oxygens (including phenoxy) is 1. The van der Waals surface area contributed by atoms with Gasteiger partial charge < -0.3 is 10.1 Å². The number of hydrogen-bond acceptors (Lipinski definition) is 2. The fourth-order valence-corrected chi connectivity index (χ4v) is 3.29. The molecular formula is C13H16BrNO. The molecule has 2 aliphatic rings. The quantitative estimate of drug-likeness (QED) is 0.790. The van der Waals surface area contributed by atoms with Gasteiger partial charge in [0.25, 0.3) is 0 Å². The molecule has 0 aliphatic carbocycles. The molecule has 3 heteroatoms. The van der Waals surface area contributed by atoms with Crippen LogP contribution in [0.1, 0.15) is 24.8 Å². The largest absolute Gasteiger partial charge is 0.487 e. The molecule has 1 fully saturated rings. The van der Waals surface area contributed by atoms with Crippen molar-refractivity contribution in [2.45, 2.75) is 31.3 Å². The van der Waals surface area contributed by atoms with E-state index in [2.05, 4.69) is 39.4 Å². The van der Waals surface area contributed by atoms with Crippen molar-refractivity contribution >= 4 is 15.9 Å². The Morgan fingerprint density at radius 3 is 2.81 bits per heavy atom. The Morgan fingerprint density at radius 2 is 2.00 bits per heavy atom. The summed E-state index contributed by atoms with van der Waals surface area (Å²) in [6, 6.07) is 6.26. The molecule has 0 bridgehead atoms. The summed E-state index contributed by atoms with van der Waals surface area (Å²) < 4.78 is 7.46. The number of hydrogen-bond donors (Lipinski definition) is 1.